The summed E-state index contributed by atoms with van der Waals surface area (Å²) in [7, 11) is 0. The summed E-state index contributed by atoms with van der Waals surface area (Å²) in [4.78, 5) is 0. The second-order valence-corrected chi connectivity index (χ2v) is 11.3. The molecule has 0 spiro atoms. The van der Waals surface area contributed by atoms with Crippen molar-refractivity contribution in [3.05, 3.63) is 210 Å². The standard InChI is InChI=1S/C44H31N/c1-4-14-34(15-5-1)43(35-16-6-2-7-17-35)44(36-18-8-3-9-19-36)37-26-24-32(25-27-37)33-28-30-38(31-29-33)45-41-22-12-10-20-39(41)40-21-11-13-23-42(40)45/h1-31H. The molecule has 0 saturated heterocycles. The van der Waals surface area contributed by atoms with Crippen molar-refractivity contribution in [2.24, 2.45) is 0 Å². The van der Waals surface area contributed by atoms with Crippen LogP contribution in [0.25, 0.3) is 49.8 Å². The first kappa shape index (κ1) is 26.7. The van der Waals surface area contributed by atoms with Crippen molar-refractivity contribution < 1.29 is 0 Å². The average Bonchev–Trinajstić information content (AvgIpc) is 3.46. The fraction of sp³-hybridized carbons (Fsp3) is 0. The van der Waals surface area contributed by atoms with Gasteiger partial charge in [-0.3, -0.25) is 0 Å². The van der Waals surface area contributed by atoms with E-state index in [1.54, 1.807) is 0 Å². The van der Waals surface area contributed by atoms with Crippen molar-refractivity contribution in [2.45, 2.75) is 0 Å². The Balaban J connectivity index is 1.22. The molecule has 8 rings (SSSR count). The van der Waals surface area contributed by atoms with E-state index in [0.717, 1.165) is 5.69 Å². The number of benzene rings is 7. The smallest absolute Gasteiger partial charge is 0.0541 e. The summed E-state index contributed by atoms with van der Waals surface area (Å²) in [5, 5.41) is 2.56. The van der Waals surface area contributed by atoms with Crippen LogP contribution in [-0.2, 0) is 0 Å². The van der Waals surface area contributed by atoms with Gasteiger partial charge in [0.15, 0.2) is 0 Å². The zero-order chi connectivity index (χ0) is 30.0. The second kappa shape index (κ2) is 11.6. The van der Waals surface area contributed by atoms with Gasteiger partial charge in [-0.2, -0.15) is 0 Å². The Hall–Kier alpha value is -5.92. The van der Waals surface area contributed by atoms with Gasteiger partial charge in [0.2, 0.25) is 0 Å². The fourth-order valence-electron chi connectivity index (χ4n) is 6.56. The van der Waals surface area contributed by atoms with Gasteiger partial charge in [-0.1, -0.05) is 164 Å². The van der Waals surface area contributed by atoms with E-state index in [1.807, 2.05) is 0 Å². The Morgan fingerprint density at radius 1 is 0.289 bits per heavy atom. The van der Waals surface area contributed by atoms with Crippen molar-refractivity contribution in [1.82, 2.24) is 4.57 Å². The molecular weight excluding hydrogens is 542 g/mol. The summed E-state index contributed by atoms with van der Waals surface area (Å²) < 4.78 is 2.36. The first-order valence-electron chi connectivity index (χ1n) is 15.5. The van der Waals surface area contributed by atoms with E-state index in [4.69, 9.17) is 0 Å². The summed E-state index contributed by atoms with van der Waals surface area (Å²) in [5.41, 5.74) is 13.2. The summed E-state index contributed by atoms with van der Waals surface area (Å²) in [6.07, 6.45) is 0. The molecule has 0 N–H and O–H groups in total. The molecule has 8 aromatic rings. The molecule has 45 heavy (non-hydrogen) atoms. The molecule has 0 radical (unpaired) electrons. The minimum atomic E-state index is 1.16. The molecule has 0 saturated carbocycles. The van der Waals surface area contributed by atoms with Crippen LogP contribution in [0.3, 0.4) is 0 Å². The molecule has 0 atom stereocenters. The van der Waals surface area contributed by atoms with E-state index >= 15 is 0 Å². The van der Waals surface area contributed by atoms with Gasteiger partial charge in [0.05, 0.1) is 11.0 Å². The van der Waals surface area contributed by atoms with Crippen LogP contribution in [0.2, 0.25) is 0 Å². The van der Waals surface area contributed by atoms with Gasteiger partial charge in [0, 0.05) is 16.5 Å². The Labute approximate surface area is 264 Å². The van der Waals surface area contributed by atoms with Crippen LogP contribution >= 0.6 is 0 Å². The summed E-state index contributed by atoms with van der Waals surface area (Å²) in [6, 6.07) is 67.5. The molecule has 0 bridgehead atoms. The highest BCUT2D eigenvalue weighted by Crippen LogP contribution is 2.38. The van der Waals surface area contributed by atoms with Crippen LogP contribution in [0, 0.1) is 0 Å². The average molecular weight is 574 g/mol. The number of nitrogens with zero attached hydrogens (tertiary/aromatic N) is 1. The first-order valence-corrected chi connectivity index (χ1v) is 15.5. The molecule has 0 amide bonds. The van der Waals surface area contributed by atoms with Gasteiger partial charge >= 0.3 is 0 Å². The molecule has 0 aliphatic carbocycles. The normalized spacial score (nSPS) is 11.1. The molecule has 0 fully saturated rings. The number of hydrogen-bond acceptors (Lipinski definition) is 0. The maximum atomic E-state index is 2.36. The van der Waals surface area contributed by atoms with Crippen molar-refractivity contribution in [1.29, 1.82) is 0 Å². The van der Waals surface area contributed by atoms with Gasteiger partial charge in [0.1, 0.15) is 0 Å². The number of rotatable bonds is 6. The molecule has 1 nitrogen and oxygen atoms in total. The van der Waals surface area contributed by atoms with E-state index < -0.39 is 0 Å². The maximum Gasteiger partial charge on any atom is 0.0541 e. The van der Waals surface area contributed by atoms with Gasteiger partial charge < -0.3 is 4.57 Å². The zero-order valence-corrected chi connectivity index (χ0v) is 24.8. The first-order chi connectivity index (χ1) is 22.3. The highest BCUT2D eigenvalue weighted by Gasteiger charge is 2.16. The number of hydrogen-bond donors (Lipinski definition) is 0. The van der Waals surface area contributed by atoms with Gasteiger partial charge in [0.25, 0.3) is 0 Å². The fourth-order valence-corrected chi connectivity index (χ4v) is 6.56. The third-order valence-corrected chi connectivity index (χ3v) is 8.65. The predicted molar refractivity (Wildman–Crippen MR) is 191 cm³/mol. The number of fused-ring (bicyclic) bond motifs is 3. The molecule has 212 valence electrons. The quantitative estimate of drug-likeness (QED) is 0.174. The number of para-hydroxylation sites is 2. The Morgan fingerprint density at radius 2 is 0.622 bits per heavy atom. The second-order valence-electron chi connectivity index (χ2n) is 11.3. The van der Waals surface area contributed by atoms with Crippen LogP contribution in [0.1, 0.15) is 22.3 Å². The Bertz CT molecular complexity index is 2160. The van der Waals surface area contributed by atoms with Crippen LogP contribution in [0.5, 0.6) is 0 Å². The highest BCUT2D eigenvalue weighted by atomic mass is 15.0. The minimum Gasteiger partial charge on any atom is -0.309 e. The van der Waals surface area contributed by atoms with E-state index in [2.05, 4.69) is 193 Å². The monoisotopic (exact) mass is 573 g/mol. The third-order valence-electron chi connectivity index (χ3n) is 8.65. The largest absolute Gasteiger partial charge is 0.309 e. The maximum absolute atomic E-state index is 2.36. The van der Waals surface area contributed by atoms with Gasteiger partial charge in [-0.25, -0.2) is 0 Å². The molecule has 0 unspecified atom stereocenters. The lowest BCUT2D eigenvalue weighted by Gasteiger charge is -2.18. The van der Waals surface area contributed by atoms with Gasteiger partial charge in [-0.15, -0.1) is 0 Å². The van der Waals surface area contributed by atoms with E-state index in [0.29, 0.717) is 0 Å². The molecule has 1 heteroatoms. The predicted octanol–water partition coefficient (Wildman–Crippen LogP) is 11.5. The highest BCUT2D eigenvalue weighted by molar-refractivity contribution is 6.09. The Morgan fingerprint density at radius 3 is 1.04 bits per heavy atom. The Kier molecular flexibility index (Phi) is 6.90. The summed E-state index contributed by atoms with van der Waals surface area (Å²) >= 11 is 0. The van der Waals surface area contributed by atoms with Crippen LogP contribution in [-0.4, -0.2) is 4.57 Å². The van der Waals surface area contributed by atoms with E-state index in [-0.39, 0.29) is 0 Å². The lowest BCUT2D eigenvalue weighted by atomic mass is 9.85. The van der Waals surface area contributed by atoms with Crippen LogP contribution in [0.4, 0.5) is 0 Å². The lowest BCUT2D eigenvalue weighted by Crippen LogP contribution is -1.97. The van der Waals surface area contributed by atoms with Crippen molar-refractivity contribution in [3.63, 3.8) is 0 Å². The van der Waals surface area contributed by atoms with Gasteiger partial charge in [-0.05, 0) is 68.8 Å². The molecule has 1 heterocycles. The van der Waals surface area contributed by atoms with Crippen molar-refractivity contribution in [2.75, 3.05) is 0 Å². The SMILES string of the molecule is c1ccc(C(=C(c2ccccc2)c2ccc(-c3ccc(-n4c5ccccc5c5ccccc54)cc3)cc2)c2ccccc2)cc1. The minimum absolute atomic E-state index is 1.16. The third kappa shape index (κ3) is 4.95. The number of aromatic nitrogens is 1. The van der Waals surface area contributed by atoms with E-state index in [1.165, 1.54) is 66.3 Å². The van der Waals surface area contributed by atoms with E-state index in [9.17, 15) is 0 Å². The molecule has 1 aromatic heterocycles. The molecule has 0 aliphatic rings. The summed E-state index contributed by atoms with van der Waals surface area (Å²) in [5.74, 6) is 0. The molecule has 0 aliphatic heterocycles. The summed E-state index contributed by atoms with van der Waals surface area (Å²) in [6.45, 7) is 0. The van der Waals surface area contributed by atoms with Crippen LogP contribution < -0.4 is 0 Å². The molecule has 7 aromatic carbocycles. The lowest BCUT2D eigenvalue weighted by molar-refractivity contribution is 1.18. The van der Waals surface area contributed by atoms with Crippen LogP contribution in [0.15, 0.2) is 188 Å². The van der Waals surface area contributed by atoms with Crippen molar-refractivity contribution >= 4 is 33.0 Å². The topological polar surface area (TPSA) is 4.93 Å². The molecular formula is C44H31N. The van der Waals surface area contributed by atoms with Crippen molar-refractivity contribution in [3.8, 4) is 16.8 Å². The zero-order valence-electron chi connectivity index (χ0n) is 24.8.